The summed E-state index contributed by atoms with van der Waals surface area (Å²) >= 11 is 0. The minimum absolute atomic E-state index is 0.00740. The van der Waals surface area contributed by atoms with Gasteiger partial charge in [-0.25, -0.2) is 4.98 Å². The first kappa shape index (κ1) is 13.0. The van der Waals surface area contributed by atoms with Crippen LogP contribution in [0.3, 0.4) is 0 Å². The minimum atomic E-state index is -0.00740. The highest BCUT2D eigenvalue weighted by Crippen LogP contribution is 2.22. The predicted molar refractivity (Wildman–Crippen MR) is 75.2 cm³/mol. The van der Waals surface area contributed by atoms with Crippen LogP contribution in [0.15, 0.2) is 30.5 Å². The van der Waals surface area contributed by atoms with Crippen LogP contribution in [-0.2, 0) is 0 Å². The third-order valence-corrected chi connectivity index (χ3v) is 3.59. The van der Waals surface area contributed by atoms with Crippen LogP contribution < -0.4 is 5.73 Å². The van der Waals surface area contributed by atoms with Gasteiger partial charge in [-0.05, 0) is 24.5 Å². The maximum Gasteiger partial charge on any atom is 0.0890 e. The predicted octanol–water partition coefficient (Wildman–Crippen LogP) is 3.46. The Bertz CT molecular complexity index is 506. The van der Waals surface area contributed by atoms with E-state index in [9.17, 15) is 0 Å². The monoisotopic (exact) mass is 243 g/mol. The van der Waals surface area contributed by atoms with E-state index in [1.54, 1.807) is 0 Å². The highest BCUT2D eigenvalue weighted by Gasteiger charge is 2.14. The molecule has 0 radical (unpaired) electrons. The van der Waals surface area contributed by atoms with Crippen molar-refractivity contribution < 1.29 is 0 Å². The lowest BCUT2D eigenvalue weighted by Crippen LogP contribution is -2.16. The van der Waals surface area contributed by atoms with E-state index in [4.69, 9.17) is 5.73 Å². The standard InChI is InChI=1S/C15H21N3/c1-3-11(4-2)9-12(16)15-10-17-13-7-5-6-8-14(13)18-15/h5-8,10-12H,3-4,9,16H2,1-2H3. The van der Waals surface area contributed by atoms with E-state index >= 15 is 0 Å². The van der Waals surface area contributed by atoms with Gasteiger partial charge in [0.2, 0.25) is 0 Å². The zero-order valence-corrected chi connectivity index (χ0v) is 11.1. The van der Waals surface area contributed by atoms with Gasteiger partial charge in [-0.3, -0.25) is 4.98 Å². The van der Waals surface area contributed by atoms with Gasteiger partial charge in [-0.15, -0.1) is 0 Å². The SMILES string of the molecule is CCC(CC)CC(N)c1cnc2ccccc2n1. The van der Waals surface area contributed by atoms with Gasteiger partial charge >= 0.3 is 0 Å². The van der Waals surface area contributed by atoms with Crippen LogP contribution in [-0.4, -0.2) is 9.97 Å². The maximum atomic E-state index is 6.24. The van der Waals surface area contributed by atoms with Gasteiger partial charge in [0.1, 0.15) is 0 Å². The summed E-state index contributed by atoms with van der Waals surface area (Å²) in [4.78, 5) is 9.03. The lowest BCUT2D eigenvalue weighted by molar-refractivity contribution is 0.411. The lowest BCUT2D eigenvalue weighted by Gasteiger charge is -2.17. The topological polar surface area (TPSA) is 51.8 Å². The van der Waals surface area contributed by atoms with Gasteiger partial charge in [0.15, 0.2) is 0 Å². The summed E-state index contributed by atoms with van der Waals surface area (Å²) in [6.07, 6.45) is 5.14. The van der Waals surface area contributed by atoms with Gasteiger partial charge < -0.3 is 5.73 Å². The first-order chi connectivity index (χ1) is 8.74. The van der Waals surface area contributed by atoms with Gasteiger partial charge in [0, 0.05) is 6.04 Å². The van der Waals surface area contributed by atoms with E-state index < -0.39 is 0 Å². The largest absolute Gasteiger partial charge is 0.323 e. The van der Waals surface area contributed by atoms with Crippen molar-refractivity contribution in [1.29, 1.82) is 0 Å². The molecule has 0 fully saturated rings. The normalized spacial score (nSPS) is 13.1. The van der Waals surface area contributed by atoms with Crippen molar-refractivity contribution in [3.05, 3.63) is 36.2 Å². The third kappa shape index (κ3) is 2.85. The van der Waals surface area contributed by atoms with Crippen LogP contribution in [0.1, 0.15) is 44.8 Å². The van der Waals surface area contributed by atoms with Crippen LogP contribution in [0.2, 0.25) is 0 Å². The molecule has 0 spiro atoms. The van der Waals surface area contributed by atoms with Gasteiger partial charge in [0.05, 0.1) is 22.9 Å². The Morgan fingerprint density at radius 2 is 1.78 bits per heavy atom. The van der Waals surface area contributed by atoms with Crippen molar-refractivity contribution in [1.82, 2.24) is 9.97 Å². The summed E-state index contributed by atoms with van der Waals surface area (Å²) in [5.41, 5.74) is 8.99. The van der Waals surface area contributed by atoms with E-state index in [-0.39, 0.29) is 6.04 Å². The molecule has 18 heavy (non-hydrogen) atoms. The summed E-state index contributed by atoms with van der Waals surface area (Å²) < 4.78 is 0. The number of benzene rings is 1. The zero-order valence-electron chi connectivity index (χ0n) is 11.1. The third-order valence-electron chi connectivity index (χ3n) is 3.59. The van der Waals surface area contributed by atoms with E-state index in [1.807, 2.05) is 30.5 Å². The molecule has 0 aliphatic heterocycles. The Morgan fingerprint density at radius 3 is 2.44 bits per heavy atom. The van der Waals surface area contributed by atoms with Crippen LogP contribution in [0, 0.1) is 5.92 Å². The molecule has 0 aliphatic rings. The second-order valence-corrected chi connectivity index (χ2v) is 4.81. The molecule has 0 aliphatic carbocycles. The lowest BCUT2D eigenvalue weighted by atomic mass is 9.94. The van der Waals surface area contributed by atoms with E-state index in [2.05, 4.69) is 23.8 Å². The summed E-state index contributed by atoms with van der Waals surface area (Å²) in [5, 5.41) is 0. The molecule has 0 amide bonds. The second-order valence-electron chi connectivity index (χ2n) is 4.81. The number of para-hydroxylation sites is 2. The fraction of sp³-hybridized carbons (Fsp3) is 0.467. The molecular weight excluding hydrogens is 222 g/mol. The number of fused-ring (bicyclic) bond motifs is 1. The molecule has 96 valence electrons. The molecule has 1 aromatic carbocycles. The first-order valence-corrected chi connectivity index (χ1v) is 6.71. The molecule has 1 unspecified atom stereocenters. The van der Waals surface area contributed by atoms with E-state index in [0.29, 0.717) is 5.92 Å². The Kier molecular flexibility index (Phi) is 4.26. The van der Waals surface area contributed by atoms with Gasteiger partial charge in [-0.1, -0.05) is 38.8 Å². The van der Waals surface area contributed by atoms with Crippen molar-refractivity contribution >= 4 is 11.0 Å². The number of nitrogens with two attached hydrogens (primary N) is 1. The Balaban J connectivity index is 2.19. The van der Waals surface area contributed by atoms with Crippen molar-refractivity contribution in [3.63, 3.8) is 0 Å². The molecular formula is C15H21N3. The van der Waals surface area contributed by atoms with Crippen molar-refractivity contribution in [2.24, 2.45) is 11.7 Å². The number of nitrogens with zero attached hydrogens (tertiary/aromatic N) is 2. The van der Waals surface area contributed by atoms with Crippen LogP contribution in [0.4, 0.5) is 0 Å². The Morgan fingerprint density at radius 1 is 1.11 bits per heavy atom. The first-order valence-electron chi connectivity index (χ1n) is 6.71. The van der Waals surface area contributed by atoms with Crippen molar-refractivity contribution in [2.45, 2.75) is 39.2 Å². The summed E-state index contributed by atoms with van der Waals surface area (Å²) in [5.74, 6) is 0.674. The summed E-state index contributed by atoms with van der Waals surface area (Å²) in [6, 6.07) is 7.90. The molecule has 1 aromatic heterocycles. The molecule has 1 atom stereocenters. The fourth-order valence-electron chi connectivity index (χ4n) is 2.25. The van der Waals surface area contributed by atoms with Crippen molar-refractivity contribution in [3.8, 4) is 0 Å². The van der Waals surface area contributed by atoms with Crippen LogP contribution in [0.25, 0.3) is 11.0 Å². The van der Waals surface area contributed by atoms with E-state index in [1.165, 1.54) is 12.8 Å². The summed E-state index contributed by atoms with van der Waals surface area (Å²) in [7, 11) is 0. The van der Waals surface area contributed by atoms with Gasteiger partial charge in [-0.2, -0.15) is 0 Å². The molecule has 2 aromatic rings. The molecule has 2 N–H and O–H groups in total. The average molecular weight is 243 g/mol. The highest BCUT2D eigenvalue weighted by molar-refractivity contribution is 5.73. The van der Waals surface area contributed by atoms with E-state index in [0.717, 1.165) is 23.1 Å². The maximum absolute atomic E-state index is 6.24. The number of hydrogen-bond acceptors (Lipinski definition) is 3. The molecule has 1 heterocycles. The van der Waals surface area contributed by atoms with Crippen LogP contribution >= 0.6 is 0 Å². The molecule has 0 bridgehead atoms. The molecule has 3 heteroatoms. The molecule has 0 saturated carbocycles. The molecule has 3 nitrogen and oxygen atoms in total. The fourth-order valence-corrected chi connectivity index (χ4v) is 2.25. The number of rotatable bonds is 5. The number of hydrogen-bond donors (Lipinski definition) is 1. The molecule has 0 saturated heterocycles. The highest BCUT2D eigenvalue weighted by atomic mass is 14.8. The molecule has 2 rings (SSSR count). The Labute approximate surface area is 108 Å². The zero-order chi connectivity index (χ0) is 13.0. The second kappa shape index (κ2) is 5.91. The van der Waals surface area contributed by atoms with Crippen LogP contribution in [0.5, 0.6) is 0 Å². The quantitative estimate of drug-likeness (QED) is 0.875. The number of aromatic nitrogens is 2. The smallest absolute Gasteiger partial charge is 0.0890 e. The minimum Gasteiger partial charge on any atom is -0.323 e. The average Bonchev–Trinajstić information content (AvgIpc) is 2.44. The van der Waals surface area contributed by atoms with Crippen molar-refractivity contribution in [2.75, 3.05) is 0 Å². The Hall–Kier alpha value is -1.48. The van der Waals surface area contributed by atoms with Gasteiger partial charge in [0.25, 0.3) is 0 Å². The summed E-state index contributed by atoms with van der Waals surface area (Å²) in [6.45, 7) is 4.43.